The Morgan fingerprint density at radius 3 is 2.79 bits per heavy atom. The normalized spacial score (nSPS) is 17.7. The Balaban J connectivity index is 2.23. The van der Waals surface area contributed by atoms with Gasteiger partial charge in [-0.2, -0.15) is 4.98 Å². The van der Waals surface area contributed by atoms with E-state index in [4.69, 9.17) is 9.15 Å². The third-order valence-corrected chi connectivity index (χ3v) is 3.96. The summed E-state index contributed by atoms with van der Waals surface area (Å²) in [5.74, 6) is -0.778. The van der Waals surface area contributed by atoms with Crippen molar-refractivity contribution in [3.05, 3.63) is 23.8 Å². The van der Waals surface area contributed by atoms with Crippen molar-refractivity contribution in [1.29, 1.82) is 0 Å². The average molecular weight is 261 g/mol. The van der Waals surface area contributed by atoms with Crippen LogP contribution in [0.4, 0.5) is 0 Å². The predicted octanol–water partition coefficient (Wildman–Crippen LogP) is 2.73. The van der Waals surface area contributed by atoms with E-state index in [-0.39, 0.29) is 6.08 Å². The maximum atomic E-state index is 11.8. The summed E-state index contributed by atoms with van der Waals surface area (Å²) in [6.07, 6.45) is 3.32. The number of carbonyl (C=O) groups is 1. The van der Waals surface area contributed by atoms with Gasteiger partial charge in [-0.1, -0.05) is 25.0 Å². The van der Waals surface area contributed by atoms with E-state index in [0.29, 0.717) is 23.9 Å². The zero-order chi connectivity index (χ0) is 13.5. The van der Waals surface area contributed by atoms with Gasteiger partial charge in [-0.05, 0) is 24.5 Å². The number of ether oxygens (including phenoxy) is 1. The molecule has 0 bridgehead atoms. The number of benzene rings is 1. The van der Waals surface area contributed by atoms with Crippen LogP contribution in [0.2, 0.25) is 0 Å². The van der Waals surface area contributed by atoms with Crippen LogP contribution >= 0.6 is 0 Å². The lowest BCUT2D eigenvalue weighted by Gasteiger charge is -2.24. The zero-order valence-electron chi connectivity index (χ0n) is 10.7. The molecule has 0 aliphatic heterocycles. The lowest BCUT2D eigenvalue weighted by atomic mass is 9.78. The average Bonchev–Trinajstić information content (AvgIpc) is 3.05. The van der Waals surface area contributed by atoms with Gasteiger partial charge in [-0.3, -0.25) is 4.79 Å². The van der Waals surface area contributed by atoms with Crippen LogP contribution < -0.4 is 4.74 Å². The van der Waals surface area contributed by atoms with Gasteiger partial charge in [-0.15, -0.1) is 0 Å². The first-order chi connectivity index (χ1) is 9.17. The highest BCUT2D eigenvalue weighted by Crippen LogP contribution is 2.44. The minimum absolute atomic E-state index is 0.168. The minimum Gasteiger partial charge on any atom is -0.481 e. The topological polar surface area (TPSA) is 72.6 Å². The molecule has 3 rings (SSSR count). The van der Waals surface area contributed by atoms with Gasteiger partial charge in [0.25, 0.3) is 0 Å². The summed E-state index contributed by atoms with van der Waals surface area (Å²) in [7, 11) is 1.48. The highest BCUT2D eigenvalue weighted by Gasteiger charge is 2.44. The Kier molecular flexibility index (Phi) is 2.69. The van der Waals surface area contributed by atoms with Gasteiger partial charge in [-0.25, -0.2) is 0 Å². The molecule has 19 heavy (non-hydrogen) atoms. The van der Waals surface area contributed by atoms with Crippen LogP contribution in [0, 0.1) is 0 Å². The van der Waals surface area contributed by atoms with Crippen LogP contribution in [0.3, 0.4) is 0 Å². The summed E-state index contributed by atoms with van der Waals surface area (Å²) in [5.41, 5.74) is 1.08. The van der Waals surface area contributed by atoms with Gasteiger partial charge in [0.15, 0.2) is 5.58 Å². The molecule has 5 nitrogen and oxygen atoms in total. The molecule has 0 amide bonds. The van der Waals surface area contributed by atoms with E-state index in [9.17, 15) is 9.90 Å². The summed E-state index contributed by atoms with van der Waals surface area (Å²) >= 11 is 0. The molecule has 1 aromatic carbocycles. The van der Waals surface area contributed by atoms with Crippen molar-refractivity contribution >= 4 is 17.1 Å². The molecule has 1 fully saturated rings. The van der Waals surface area contributed by atoms with Crippen LogP contribution in [0.1, 0.15) is 31.2 Å². The first-order valence-electron chi connectivity index (χ1n) is 6.35. The lowest BCUT2D eigenvalue weighted by molar-refractivity contribution is -0.143. The Morgan fingerprint density at radius 1 is 1.42 bits per heavy atom. The molecule has 0 radical (unpaired) electrons. The molecule has 1 aromatic heterocycles. The Labute approximate surface area is 110 Å². The quantitative estimate of drug-likeness (QED) is 0.919. The molecule has 1 saturated carbocycles. The van der Waals surface area contributed by atoms with Crippen molar-refractivity contribution in [3.8, 4) is 6.08 Å². The molecule has 5 heteroatoms. The molecule has 2 aromatic rings. The summed E-state index contributed by atoms with van der Waals surface area (Å²) in [5, 5.41) is 9.65. The molecular formula is C14H15NO4. The van der Waals surface area contributed by atoms with Crippen molar-refractivity contribution in [2.24, 2.45) is 0 Å². The number of fused-ring (bicyclic) bond motifs is 1. The molecule has 1 heterocycles. The van der Waals surface area contributed by atoms with E-state index in [0.717, 1.165) is 18.4 Å². The van der Waals surface area contributed by atoms with Crippen LogP contribution in [-0.4, -0.2) is 23.2 Å². The number of aliphatic carboxylic acids is 1. The van der Waals surface area contributed by atoms with E-state index in [1.54, 1.807) is 6.07 Å². The number of oxazole rings is 1. The fourth-order valence-corrected chi connectivity index (χ4v) is 2.98. The third-order valence-electron chi connectivity index (χ3n) is 3.96. The Morgan fingerprint density at radius 2 is 2.16 bits per heavy atom. The number of hydrogen-bond acceptors (Lipinski definition) is 4. The molecule has 1 aliphatic carbocycles. The van der Waals surface area contributed by atoms with Gasteiger partial charge in [0, 0.05) is 0 Å². The van der Waals surface area contributed by atoms with E-state index < -0.39 is 11.4 Å². The van der Waals surface area contributed by atoms with Crippen molar-refractivity contribution in [1.82, 2.24) is 4.98 Å². The summed E-state index contributed by atoms with van der Waals surface area (Å²) in [4.78, 5) is 16.0. The number of hydrogen-bond donors (Lipinski definition) is 1. The Bertz CT molecular complexity index is 625. The molecule has 0 unspecified atom stereocenters. The largest absolute Gasteiger partial charge is 0.481 e. The number of nitrogens with zero attached hydrogens (tertiary/aromatic N) is 1. The fraction of sp³-hybridized carbons (Fsp3) is 0.429. The molecule has 0 atom stereocenters. The minimum atomic E-state index is -0.832. The maximum Gasteiger partial charge on any atom is 0.394 e. The molecular weight excluding hydrogens is 246 g/mol. The van der Waals surface area contributed by atoms with E-state index in [1.165, 1.54) is 7.11 Å². The number of carboxylic acids is 1. The van der Waals surface area contributed by atoms with Crippen LogP contribution in [-0.2, 0) is 10.2 Å². The smallest absolute Gasteiger partial charge is 0.394 e. The third kappa shape index (κ3) is 1.69. The zero-order valence-corrected chi connectivity index (χ0v) is 10.7. The molecule has 0 spiro atoms. The highest BCUT2D eigenvalue weighted by atomic mass is 16.6. The summed E-state index contributed by atoms with van der Waals surface area (Å²) in [6, 6.07) is 5.42. The SMILES string of the molecule is COc1nc2c(C3(C(=O)O)CCCC3)cccc2o1. The lowest BCUT2D eigenvalue weighted by Crippen LogP contribution is -2.32. The maximum absolute atomic E-state index is 11.8. The molecule has 100 valence electrons. The summed E-state index contributed by atoms with van der Waals surface area (Å²) < 4.78 is 10.4. The second kappa shape index (κ2) is 4.26. The number of methoxy groups -OCH3 is 1. The van der Waals surface area contributed by atoms with E-state index in [1.807, 2.05) is 12.1 Å². The van der Waals surface area contributed by atoms with Crippen molar-refractivity contribution < 1.29 is 19.1 Å². The molecule has 0 saturated heterocycles. The molecule has 1 aliphatic rings. The molecule has 1 N–H and O–H groups in total. The van der Waals surface area contributed by atoms with Crippen molar-refractivity contribution in [2.75, 3.05) is 7.11 Å². The van der Waals surface area contributed by atoms with Gasteiger partial charge < -0.3 is 14.3 Å². The van der Waals surface area contributed by atoms with Crippen LogP contribution in [0.15, 0.2) is 22.6 Å². The van der Waals surface area contributed by atoms with Crippen molar-refractivity contribution in [2.45, 2.75) is 31.1 Å². The van der Waals surface area contributed by atoms with E-state index >= 15 is 0 Å². The number of para-hydroxylation sites is 1. The second-order valence-corrected chi connectivity index (χ2v) is 4.93. The standard InChI is InChI=1S/C14H15NO4/c1-18-13-15-11-9(5-4-6-10(11)19-13)14(12(16)17)7-2-3-8-14/h4-6H,2-3,7-8H2,1H3,(H,16,17). The second-order valence-electron chi connectivity index (χ2n) is 4.93. The van der Waals surface area contributed by atoms with Crippen molar-refractivity contribution in [3.63, 3.8) is 0 Å². The van der Waals surface area contributed by atoms with Gasteiger partial charge in [0.2, 0.25) is 0 Å². The predicted molar refractivity (Wildman–Crippen MR) is 68.3 cm³/mol. The van der Waals surface area contributed by atoms with Crippen LogP contribution in [0.5, 0.6) is 6.08 Å². The monoisotopic (exact) mass is 261 g/mol. The van der Waals surface area contributed by atoms with Gasteiger partial charge in [0.05, 0.1) is 12.5 Å². The van der Waals surface area contributed by atoms with Crippen LogP contribution in [0.25, 0.3) is 11.1 Å². The number of rotatable bonds is 3. The number of aromatic nitrogens is 1. The highest BCUT2D eigenvalue weighted by molar-refractivity contribution is 5.89. The fourth-order valence-electron chi connectivity index (χ4n) is 2.98. The van der Waals surface area contributed by atoms with E-state index in [2.05, 4.69) is 4.98 Å². The Hall–Kier alpha value is -2.04. The number of carboxylic acid groups (broad SMARTS) is 1. The first-order valence-corrected chi connectivity index (χ1v) is 6.35. The van der Waals surface area contributed by atoms with Gasteiger partial charge >= 0.3 is 12.0 Å². The first kappa shape index (κ1) is 12.0. The summed E-state index contributed by atoms with van der Waals surface area (Å²) in [6.45, 7) is 0. The van der Waals surface area contributed by atoms with Gasteiger partial charge in [0.1, 0.15) is 5.52 Å².